The van der Waals surface area contributed by atoms with Gasteiger partial charge in [-0.15, -0.1) is 11.3 Å². The number of halogens is 2. The summed E-state index contributed by atoms with van der Waals surface area (Å²) < 4.78 is 4.34. The molecule has 1 atom stereocenters. The Morgan fingerprint density at radius 3 is 2.62 bits per heavy atom. The van der Waals surface area contributed by atoms with E-state index in [2.05, 4.69) is 68.3 Å². The van der Waals surface area contributed by atoms with E-state index in [1.165, 1.54) is 14.4 Å². The molecule has 2 rings (SSSR count). The van der Waals surface area contributed by atoms with Gasteiger partial charge in [-0.1, -0.05) is 13.8 Å². The van der Waals surface area contributed by atoms with Gasteiger partial charge in [0.25, 0.3) is 0 Å². The molecule has 0 fully saturated rings. The van der Waals surface area contributed by atoms with Crippen molar-refractivity contribution < 1.29 is 0 Å². The van der Waals surface area contributed by atoms with Crippen molar-refractivity contribution in [2.24, 2.45) is 7.05 Å². The van der Waals surface area contributed by atoms with Gasteiger partial charge in [-0.05, 0) is 63.4 Å². The van der Waals surface area contributed by atoms with Crippen molar-refractivity contribution in [3.05, 3.63) is 36.7 Å². The molecule has 0 aliphatic carbocycles. The lowest BCUT2D eigenvalue weighted by Crippen LogP contribution is -2.24. The smallest absolute Gasteiger partial charge is 0.0766 e. The number of rotatable bonds is 7. The van der Waals surface area contributed by atoms with Crippen LogP contribution in [0.2, 0.25) is 0 Å². The zero-order valence-electron chi connectivity index (χ0n) is 12.6. The average Bonchev–Trinajstić information content (AvgIpc) is 3.00. The molecule has 116 valence electrons. The number of hydrogen-bond donors (Lipinski definition) is 1. The molecule has 0 radical (unpaired) electrons. The van der Waals surface area contributed by atoms with Crippen LogP contribution in [0.25, 0.3) is 0 Å². The minimum Gasteiger partial charge on any atom is -0.309 e. The van der Waals surface area contributed by atoms with Gasteiger partial charge >= 0.3 is 0 Å². The van der Waals surface area contributed by atoms with Gasteiger partial charge in [0.05, 0.1) is 19.6 Å². The van der Waals surface area contributed by atoms with Crippen LogP contribution in [0.15, 0.2) is 20.4 Å². The fourth-order valence-corrected chi connectivity index (χ4v) is 4.62. The molecule has 0 aliphatic heterocycles. The lowest BCUT2D eigenvalue weighted by Gasteiger charge is -2.17. The molecule has 2 aromatic rings. The SMILES string of the molecule is CCCNC(Cc1c(Br)c(CC)nn1C)c1ccc(Br)s1. The number of nitrogens with zero attached hydrogens (tertiary/aromatic N) is 2. The third-order valence-electron chi connectivity index (χ3n) is 3.48. The summed E-state index contributed by atoms with van der Waals surface area (Å²) in [5.41, 5.74) is 2.39. The Kier molecular flexibility index (Phi) is 6.47. The predicted octanol–water partition coefficient (Wildman–Crippen LogP) is 4.85. The highest BCUT2D eigenvalue weighted by atomic mass is 79.9. The fourth-order valence-electron chi connectivity index (χ4n) is 2.34. The van der Waals surface area contributed by atoms with Gasteiger partial charge in [0, 0.05) is 24.4 Å². The predicted molar refractivity (Wildman–Crippen MR) is 97.0 cm³/mol. The van der Waals surface area contributed by atoms with E-state index in [9.17, 15) is 0 Å². The second kappa shape index (κ2) is 7.90. The van der Waals surface area contributed by atoms with Crippen molar-refractivity contribution in [3.63, 3.8) is 0 Å². The lowest BCUT2D eigenvalue weighted by atomic mass is 10.1. The Morgan fingerprint density at radius 2 is 2.10 bits per heavy atom. The molecular formula is C15H21Br2N3S. The molecule has 1 unspecified atom stereocenters. The van der Waals surface area contributed by atoms with E-state index in [1.807, 2.05) is 11.7 Å². The molecule has 0 spiro atoms. The summed E-state index contributed by atoms with van der Waals surface area (Å²) in [6.07, 6.45) is 3.03. The van der Waals surface area contributed by atoms with E-state index in [1.54, 1.807) is 11.3 Å². The molecule has 0 aromatic carbocycles. The maximum Gasteiger partial charge on any atom is 0.0766 e. The first-order valence-corrected chi connectivity index (χ1v) is 9.65. The number of hydrogen-bond acceptors (Lipinski definition) is 3. The topological polar surface area (TPSA) is 29.9 Å². The van der Waals surface area contributed by atoms with Crippen LogP contribution in [0.1, 0.15) is 42.6 Å². The summed E-state index contributed by atoms with van der Waals surface area (Å²) in [6.45, 7) is 5.36. The second-order valence-corrected chi connectivity index (χ2v) is 8.32. The highest BCUT2D eigenvalue weighted by molar-refractivity contribution is 9.11. The number of aryl methyl sites for hydroxylation is 2. The van der Waals surface area contributed by atoms with Gasteiger partial charge in [0.1, 0.15) is 0 Å². The first-order chi connectivity index (χ1) is 10.1. The summed E-state index contributed by atoms with van der Waals surface area (Å²) in [5, 5.41) is 8.25. The average molecular weight is 435 g/mol. The van der Waals surface area contributed by atoms with Crippen LogP contribution in [-0.4, -0.2) is 16.3 Å². The molecule has 2 aromatic heterocycles. The van der Waals surface area contributed by atoms with Crippen molar-refractivity contribution in [2.45, 2.75) is 39.2 Å². The highest BCUT2D eigenvalue weighted by Crippen LogP contribution is 2.31. The molecule has 6 heteroatoms. The van der Waals surface area contributed by atoms with E-state index in [-0.39, 0.29) is 0 Å². The second-order valence-electron chi connectivity index (χ2n) is 5.04. The van der Waals surface area contributed by atoms with Gasteiger partial charge in [-0.25, -0.2) is 0 Å². The third-order valence-corrected chi connectivity index (χ3v) is 6.13. The Morgan fingerprint density at radius 1 is 1.33 bits per heavy atom. The monoisotopic (exact) mass is 433 g/mol. The summed E-state index contributed by atoms with van der Waals surface area (Å²) >= 11 is 9.08. The summed E-state index contributed by atoms with van der Waals surface area (Å²) in [4.78, 5) is 1.36. The first-order valence-electron chi connectivity index (χ1n) is 7.25. The number of aromatic nitrogens is 2. The number of thiophene rings is 1. The molecule has 2 heterocycles. The largest absolute Gasteiger partial charge is 0.309 e. The molecule has 0 bridgehead atoms. The summed E-state index contributed by atoms with van der Waals surface area (Å²) in [5.74, 6) is 0. The Labute approximate surface area is 147 Å². The molecule has 0 amide bonds. The Hall–Kier alpha value is -0.170. The summed E-state index contributed by atoms with van der Waals surface area (Å²) in [7, 11) is 2.03. The fraction of sp³-hybridized carbons (Fsp3) is 0.533. The van der Waals surface area contributed by atoms with Crippen LogP contribution < -0.4 is 5.32 Å². The Balaban J connectivity index is 2.24. The normalized spacial score (nSPS) is 12.8. The van der Waals surface area contributed by atoms with Crippen LogP contribution in [0.3, 0.4) is 0 Å². The van der Waals surface area contributed by atoms with E-state index in [0.717, 1.165) is 36.0 Å². The van der Waals surface area contributed by atoms with Gasteiger partial charge in [0.2, 0.25) is 0 Å². The lowest BCUT2D eigenvalue weighted by molar-refractivity contribution is 0.518. The molecule has 0 aliphatic rings. The van der Waals surface area contributed by atoms with Gasteiger partial charge in [0.15, 0.2) is 0 Å². The van der Waals surface area contributed by atoms with Crippen molar-refractivity contribution in [2.75, 3.05) is 6.54 Å². The van der Waals surface area contributed by atoms with Crippen LogP contribution >= 0.6 is 43.2 Å². The molecule has 1 N–H and O–H groups in total. The van der Waals surface area contributed by atoms with Crippen LogP contribution in [-0.2, 0) is 19.9 Å². The van der Waals surface area contributed by atoms with Gasteiger partial charge in [-0.3, -0.25) is 4.68 Å². The zero-order valence-corrected chi connectivity index (χ0v) is 16.6. The zero-order chi connectivity index (χ0) is 15.4. The molecule has 3 nitrogen and oxygen atoms in total. The van der Waals surface area contributed by atoms with Gasteiger partial charge < -0.3 is 5.32 Å². The van der Waals surface area contributed by atoms with Crippen molar-refractivity contribution in [1.29, 1.82) is 0 Å². The quantitative estimate of drug-likeness (QED) is 0.674. The maximum atomic E-state index is 4.60. The van der Waals surface area contributed by atoms with E-state index in [0.29, 0.717) is 6.04 Å². The molecule has 21 heavy (non-hydrogen) atoms. The van der Waals surface area contributed by atoms with Crippen molar-refractivity contribution in [1.82, 2.24) is 15.1 Å². The van der Waals surface area contributed by atoms with E-state index < -0.39 is 0 Å². The summed E-state index contributed by atoms with van der Waals surface area (Å²) in [6, 6.07) is 4.65. The van der Waals surface area contributed by atoms with Crippen molar-refractivity contribution in [3.8, 4) is 0 Å². The number of nitrogens with one attached hydrogen (secondary N) is 1. The molecule has 0 saturated carbocycles. The minimum atomic E-state index is 0.331. The molecular weight excluding hydrogens is 414 g/mol. The van der Waals surface area contributed by atoms with Crippen molar-refractivity contribution >= 4 is 43.2 Å². The third kappa shape index (κ3) is 4.18. The van der Waals surface area contributed by atoms with E-state index in [4.69, 9.17) is 0 Å². The van der Waals surface area contributed by atoms with Crippen LogP contribution in [0, 0.1) is 0 Å². The molecule has 0 saturated heterocycles. The first kappa shape index (κ1) is 17.2. The Bertz CT molecular complexity index is 592. The van der Waals surface area contributed by atoms with Crippen LogP contribution in [0.5, 0.6) is 0 Å². The standard InChI is InChI=1S/C15H21Br2N3S/c1-4-8-18-11(13-6-7-14(16)21-13)9-12-15(17)10(5-2)19-20(12)3/h6-7,11,18H,4-5,8-9H2,1-3H3. The van der Waals surface area contributed by atoms with E-state index >= 15 is 0 Å². The van der Waals surface area contributed by atoms with Crippen LogP contribution in [0.4, 0.5) is 0 Å². The maximum absolute atomic E-state index is 4.60. The minimum absolute atomic E-state index is 0.331. The highest BCUT2D eigenvalue weighted by Gasteiger charge is 2.19. The van der Waals surface area contributed by atoms with Gasteiger partial charge in [-0.2, -0.15) is 5.10 Å².